The molecule has 1 aromatic heterocycles. The molecule has 0 spiro atoms. The van der Waals surface area contributed by atoms with Gasteiger partial charge in [0.1, 0.15) is 11.5 Å². The Hall–Kier alpha value is -1.06. The van der Waals surface area contributed by atoms with Crippen LogP contribution in [0.4, 0.5) is 0 Å². The van der Waals surface area contributed by atoms with Gasteiger partial charge in [0, 0.05) is 19.0 Å². The summed E-state index contributed by atoms with van der Waals surface area (Å²) in [5, 5.41) is 8.97. The molecule has 0 radical (unpaired) electrons. The molecule has 1 heterocycles. The Balaban J connectivity index is 1.92. The van der Waals surface area contributed by atoms with Crippen molar-refractivity contribution in [2.24, 2.45) is 5.92 Å². The van der Waals surface area contributed by atoms with Gasteiger partial charge in [0.05, 0.1) is 13.2 Å². The van der Waals surface area contributed by atoms with Gasteiger partial charge in [0.25, 0.3) is 0 Å². The molecular formula is C14H21NO2. The summed E-state index contributed by atoms with van der Waals surface area (Å²) >= 11 is 0. The molecule has 1 saturated carbocycles. The molecule has 1 N–H and O–H groups in total. The Kier molecular flexibility index (Phi) is 4.02. The van der Waals surface area contributed by atoms with E-state index < -0.39 is 0 Å². The van der Waals surface area contributed by atoms with Gasteiger partial charge in [-0.05, 0) is 24.5 Å². The maximum atomic E-state index is 8.97. The first kappa shape index (κ1) is 12.4. The first-order valence-electron chi connectivity index (χ1n) is 6.27. The predicted molar refractivity (Wildman–Crippen MR) is 67.8 cm³/mol. The molecule has 0 bridgehead atoms. The number of aliphatic hydroxyl groups is 1. The highest BCUT2D eigenvalue weighted by Gasteiger charge is 2.36. The summed E-state index contributed by atoms with van der Waals surface area (Å²) in [5.74, 6) is 3.51. The lowest BCUT2D eigenvalue weighted by atomic mass is 10.3. The molecule has 1 aliphatic rings. The van der Waals surface area contributed by atoms with E-state index in [0.717, 1.165) is 30.5 Å². The van der Waals surface area contributed by atoms with Crippen LogP contribution in [0.15, 0.2) is 29.2 Å². The summed E-state index contributed by atoms with van der Waals surface area (Å²) in [5.41, 5.74) is 0. The van der Waals surface area contributed by atoms with E-state index in [1.54, 1.807) is 0 Å². The lowest BCUT2D eigenvalue weighted by Crippen LogP contribution is -2.26. The Morgan fingerprint density at radius 1 is 1.59 bits per heavy atom. The van der Waals surface area contributed by atoms with E-state index in [1.807, 2.05) is 12.1 Å². The number of hydrogen-bond donors (Lipinski definition) is 1. The largest absolute Gasteiger partial charge is 0.464 e. The zero-order chi connectivity index (χ0) is 12.3. The van der Waals surface area contributed by atoms with Gasteiger partial charge >= 0.3 is 0 Å². The van der Waals surface area contributed by atoms with Crippen molar-refractivity contribution in [1.29, 1.82) is 0 Å². The molecule has 94 valence electrons. The van der Waals surface area contributed by atoms with Gasteiger partial charge in [-0.1, -0.05) is 13.0 Å². The van der Waals surface area contributed by atoms with Crippen LogP contribution in [0.5, 0.6) is 0 Å². The molecular weight excluding hydrogens is 214 g/mol. The molecule has 0 aromatic carbocycles. The van der Waals surface area contributed by atoms with Gasteiger partial charge in [-0.3, -0.25) is 4.90 Å². The van der Waals surface area contributed by atoms with E-state index >= 15 is 0 Å². The summed E-state index contributed by atoms with van der Waals surface area (Å²) in [6, 6.07) is 4.14. The minimum absolute atomic E-state index is 0.168. The highest BCUT2D eigenvalue weighted by atomic mass is 16.3. The van der Waals surface area contributed by atoms with E-state index in [4.69, 9.17) is 9.52 Å². The Labute approximate surface area is 103 Å². The highest BCUT2D eigenvalue weighted by molar-refractivity contribution is 5.17. The topological polar surface area (TPSA) is 36.6 Å². The summed E-state index contributed by atoms with van der Waals surface area (Å²) in [7, 11) is 0. The van der Waals surface area contributed by atoms with Gasteiger partial charge in [0.15, 0.2) is 0 Å². The zero-order valence-corrected chi connectivity index (χ0v) is 10.4. The molecule has 2 rings (SSSR count). The van der Waals surface area contributed by atoms with Crippen LogP contribution in [-0.2, 0) is 6.54 Å². The Morgan fingerprint density at radius 3 is 2.94 bits per heavy atom. The van der Waals surface area contributed by atoms with E-state index in [9.17, 15) is 0 Å². The predicted octanol–water partition coefficient (Wildman–Crippen LogP) is 2.38. The molecule has 3 nitrogen and oxygen atoms in total. The quantitative estimate of drug-likeness (QED) is 0.737. The monoisotopic (exact) mass is 235 g/mol. The fourth-order valence-corrected chi connectivity index (χ4v) is 2.18. The van der Waals surface area contributed by atoms with E-state index in [1.165, 1.54) is 6.42 Å². The molecule has 0 amide bonds. The standard InChI is InChI=1S/C14H21NO2/c1-3-6-15(7-8-16)10-12-4-5-14(17-12)13-9-11(13)2/h3-5,11,13,16H,1,6-10H2,2H3. The fourth-order valence-electron chi connectivity index (χ4n) is 2.18. The first-order valence-corrected chi connectivity index (χ1v) is 6.27. The number of aliphatic hydroxyl groups excluding tert-OH is 1. The van der Waals surface area contributed by atoms with Gasteiger partial charge in [-0.2, -0.15) is 0 Å². The van der Waals surface area contributed by atoms with Crippen LogP contribution in [0.1, 0.15) is 30.8 Å². The van der Waals surface area contributed by atoms with Crippen LogP contribution in [0.3, 0.4) is 0 Å². The normalized spacial score (nSPS) is 23.0. The SMILES string of the molecule is C=CCN(CCO)Cc1ccc(C2CC2C)o1. The lowest BCUT2D eigenvalue weighted by molar-refractivity contribution is 0.193. The second kappa shape index (κ2) is 5.52. The van der Waals surface area contributed by atoms with Crippen LogP contribution in [0.2, 0.25) is 0 Å². The van der Waals surface area contributed by atoms with Gasteiger partial charge in [-0.25, -0.2) is 0 Å². The summed E-state index contributed by atoms with van der Waals surface area (Å²) in [6.45, 7) is 8.32. The molecule has 17 heavy (non-hydrogen) atoms. The van der Waals surface area contributed by atoms with Gasteiger partial charge in [-0.15, -0.1) is 6.58 Å². The zero-order valence-electron chi connectivity index (χ0n) is 10.4. The van der Waals surface area contributed by atoms with Gasteiger partial charge in [0.2, 0.25) is 0 Å². The Bertz CT molecular complexity index is 372. The molecule has 0 saturated heterocycles. The number of furan rings is 1. The third-order valence-electron chi connectivity index (χ3n) is 3.34. The lowest BCUT2D eigenvalue weighted by Gasteiger charge is -2.17. The van der Waals surface area contributed by atoms with Crippen molar-refractivity contribution in [1.82, 2.24) is 4.90 Å². The van der Waals surface area contributed by atoms with Crippen molar-refractivity contribution in [3.05, 3.63) is 36.3 Å². The van der Waals surface area contributed by atoms with Crippen LogP contribution < -0.4 is 0 Å². The molecule has 0 aliphatic heterocycles. The van der Waals surface area contributed by atoms with Crippen LogP contribution >= 0.6 is 0 Å². The molecule has 1 fully saturated rings. The third kappa shape index (κ3) is 3.20. The fraction of sp³-hybridized carbons (Fsp3) is 0.571. The van der Waals surface area contributed by atoms with Crippen molar-refractivity contribution in [3.8, 4) is 0 Å². The van der Waals surface area contributed by atoms with Crippen molar-refractivity contribution in [2.75, 3.05) is 19.7 Å². The van der Waals surface area contributed by atoms with Crippen molar-refractivity contribution < 1.29 is 9.52 Å². The number of hydrogen-bond acceptors (Lipinski definition) is 3. The van der Waals surface area contributed by atoms with Crippen LogP contribution in [-0.4, -0.2) is 29.7 Å². The average molecular weight is 235 g/mol. The van der Waals surface area contributed by atoms with E-state index in [0.29, 0.717) is 12.5 Å². The van der Waals surface area contributed by atoms with E-state index in [-0.39, 0.29) is 6.61 Å². The molecule has 3 heteroatoms. The maximum absolute atomic E-state index is 8.97. The maximum Gasteiger partial charge on any atom is 0.118 e. The van der Waals surface area contributed by atoms with Crippen molar-refractivity contribution in [3.63, 3.8) is 0 Å². The summed E-state index contributed by atoms with van der Waals surface area (Å²) in [4.78, 5) is 2.12. The number of rotatable bonds is 7. The summed E-state index contributed by atoms with van der Waals surface area (Å²) in [6.07, 6.45) is 3.10. The van der Waals surface area contributed by atoms with Crippen molar-refractivity contribution in [2.45, 2.75) is 25.8 Å². The molecule has 2 unspecified atom stereocenters. The molecule has 1 aliphatic carbocycles. The second-order valence-corrected chi connectivity index (χ2v) is 4.87. The van der Waals surface area contributed by atoms with E-state index in [2.05, 4.69) is 24.5 Å². The van der Waals surface area contributed by atoms with Crippen LogP contribution in [0.25, 0.3) is 0 Å². The van der Waals surface area contributed by atoms with Crippen LogP contribution in [0, 0.1) is 5.92 Å². The molecule has 2 atom stereocenters. The highest BCUT2D eigenvalue weighted by Crippen LogP contribution is 2.47. The van der Waals surface area contributed by atoms with Crippen molar-refractivity contribution >= 4 is 0 Å². The number of nitrogens with zero attached hydrogens (tertiary/aromatic N) is 1. The smallest absolute Gasteiger partial charge is 0.118 e. The third-order valence-corrected chi connectivity index (χ3v) is 3.34. The summed E-state index contributed by atoms with van der Waals surface area (Å²) < 4.78 is 5.84. The average Bonchev–Trinajstić information content (AvgIpc) is 2.85. The Morgan fingerprint density at radius 2 is 2.35 bits per heavy atom. The minimum Gasteiger partial charge on any atom is -0.464 e. The molecule has 1 aromatic rings. The van der Waals surface area contributed by atoms with Gasteiger partial charge < -0.3 is 9.52 Å². The minimum atomic E-state index is 0.168. The second-order valence-electron chi connectivity index (χ2n) is 4.87. The first-order chi connectivity index (χ1) is 8.24.